The van der Waals surface area contributed by atoms with Crippen molar-refractivity contribution in [1.82, 2.24) is 14.9 Å². The Morgan fingerprint density at radius 1 is 0.946 bits per heavy atom. The van der Waals surface area contributed by atoms with E-state index in [-0.39, 0.29) is 5.91 Å². The van der Waals surface area contributed by atoms with Crippen LogP contribution in [0.1, 0.15) is 35.2 Å². The minimum atomic E-state index is -0.678. The maximum absolute atomic E-state index is 14.2. The molecular weight excluding hydrogens is 458 g/mol. The van der Waals surface area contributed by atoms with Gasteiger partial charge in [-0.2, -0.15) is 5.26 Å². The van der Waals surface area contributed by atoms with E-state index in [0.29, 0.717) is 24.2 Å². The van der Waals surface area contributed by atoms with Crippen molar-refractivity contribution in [3.05, 3.63) is 108 Å². The molecule has 0 saturated carbocycles. The number of pyridine rings is 2. The maximum Gasteiger partial charge on any atom is 0.243 e. The number of anilines is 2. The van der Waals surface area contributed by atoms with Crippen LogP contribution in [0.4, 0.5) is 11.5 Å². The third kappa shape index (κ3) is 3.98. The van der Waals surface area contributed by atoms with E-state index < -0.39 is 5.41 Å². The van der Waals surface area contributed by atoms with E-state index in [0.717, 1.165) is 47.7 Å². The highest BCUT2D eigenvalue weighted by molar-refractivity contribution is 6.12. The molecule has 2 aliphatic heterocycles. The summed E-state index contributed by atoms with van der Waals surface area (Å²) in [5.41, 5.74) is 5.96. The zero-order valence-corrected chi connectivity index (χ0v) is 20.8. The van der Waals surface area contributed by atoms with E-state index in [4.69, 9.17) is 0 Å². The summed E-state index contributed by atoms with van der Waals surface area (Å²) in [6.07, 6.45) is 4.76. The van der Waals surface area contributed by atoms with Gasteiger partial charge in [0, 0.05) is 24.5 Å². The van der Waals surface area contributed by atoms with Crippen LogP contribution in [0.2, 0.25) is 0 Å². The summed E-state index contributed by atoms with van der Waals surface area (Å²) in [6.45, 7) is 4.41. The fourth-order valence-electron chi connectivity index (χ4n) is 5.62. The highest BCUT2D eigenvalue weighted by atomic mass is 16.2. The number of benzene rings is 2. The van der Waals surface area contributed by atoms with Gasteiger partial charge in [-0.1, -0.05) is 48.5 Å². The van der Waals surface area contributed by atoms with Gasteiger partial charge < -0.3 is 0 Å². The fraction of sp³-hybridized carbons (Fsp3) is 0.226. The Morgan fingerprint density at radius 2 is 1.68 bits per heavy atom. The fourth-order valence-corrected chi connectivity index (χ4v) is 5.62. The van der Waals surface area contributed by atoms with Gasteiger partial charge in [-0.15, -0.1) is 0 Å². The first kappa shape index (κ1) is 23.1. The largest absolute Gasteiger partial charge is 0.297 e. The molecule has 6 nitrogen and oxygen atoms in total. The van der Waals surface area contributed by atoms with Crippen LogP contribution in [-0.4, -0.2) is 33.9 Å². The quantitative estimate of drug-likeness (QED) is 0.380. The summed E-state index contributed by atoms with van der Waals surface area (Å²) in [5.74, 6) is 0.691. The van der Waals surface area contributed by atoms with E-state index in [1.807, 2.05) is 60.8 Å². The number of hydrogen-bond acceptors (Lipinski definition) is 5. The molecule has 1 amide bonds. The lowest BCUT2D eigenvalue weighted by Crippen LogP contribution is -2.47. The van der Waals surface area contributed by atoms with Gasteiger partial charge in [0.2, 0.25) is 5.91 Å². The standard InChI is InChI=1S/C31H27N5O/c1-22-6-5-15-33-28(22)21-35-16-13-31(14-17-35)27-18-23(19-32)20-34-29(27)36(30(31)37)26-11-9-25(10-12-26)24-7-3-2-4-8-24/h2-12,15,18,20H,13-14,16-17,21H2,1H3. The van der Waals surface area contributed by atoms with Gasteiger partial charge in [-0.3, -0.25) is 19.6 Å². The average molecular weight is 486 g/mol. The van der Waals surface area contributed by atoms with E-state index in [9.17, 15) is 10.1 Å². The normalized spacial score (nSPS) is 16.5. The molecule has 0 atom stereocenters. The number of fused-ring (bicyclic) bond motifs is 2. The zero-order chi connectivity index (χ0) is 25.4. The van der Waals surface area contributed by atoms with Crippen molar-refractivity contribution in [1.29, 1.82) is 5.26 Å². The second kappa shape index (κ2) is 9.27. The molecule has 1 spiro atoms. The summed E-state index contributed by atoms with van der Waals surface area (Å²) in [5, 5.41) is 9.57. The summed E-state index contributed by atoms with van der Waals surface area (Å²) >= 11 is 0. The van der Waals surface area contributed by atoms with Gasteiger partial charge in [0.05, 0.1) is 22.4 Å². The number of aryl methyl sites for hydroxylation is 1. The molecular formula is C31H27N5O. The van der Waals surface area contributed by atoms with Crippen LogP contribution in [-0.2, 0) is 16.8 Å². The van der Waals surface area contributed by atoms with Gasteiger partial charge in [0.25, 0.3) is 0 Å². The summed E-state index contributed by atoms with van der Waals surface area (Å²) in [4.78, 5) is 27.5. The Morgan fingerprint density at radius 3 is 2.38 bits per heavy atom. The number of amides is 1. The molecule has 2 aromatic carbocycles. The van der Waals surface area contributed by atoms with Crippen LogP contribution in [0.25, 0.3) is 11.1 Å². The van der Waals surface area contributed by atoms with Crippen molar-refractivity contribution in [2.24, 2.45) is 0 Å². The van der Waals surface area contributed by atoms with Gasteiger partial charge in [0.15, 0.2) is 0 Å². The molecule has 37 heavy (non-hydrogen) atoms. The number of carbonyl (C=O) groups excluding carboxylic acids is 1. The molecule has 2 aliphatic rings. The molecule has 6 rings (SSSR count). The number of nitrogens with zero attached hydrogens (tertiary/aromatic N) is 5. The Balaban J connectivity index is 1.31. The van der Waals surface area contributed by atoms with E-state index >= 15 is 0 Å². The molecule has 0 aliphatic carbocycles. The third-order valence-electron chi connectivity index (χ3n) is 7.77. The Hall–Kier alpha value is -4.34. The van der Waals surface area contributed by atoms with Crippen molar-refractivity contribution in [2.75, 3.05) is 18.0 Å². The second-order valence-electron chi connectivity index (χ2n) is 9.89. The van der Waals surface area contributed by atoms with Crippen molar-refractivity contribution in [3.8, 4) is 17.2 Å². The lowest BCUT2D eigenvalue weighted by molar-refractivity contribution is -0.124. The number of piperidine rings is 1. The Bertz CT molecular complexity index is 1500. The smallest absolute Gasteiger partial charge is 0.243 e. The molecule has 0 bridgehead atoms. The summed E-state index contributed by atoms with van der Waals surface area (Å²) < 4.78 is 0. The average Bonchev–Trinajstić information content (AvgIpc) is 3.18. The molecule has 1 fully saturated rings. The van der Waals surface area contributed by atoms with Crippen molar-refractivity contribution < 1.29 is 4.79 Å². The third-order valence-corrected chi connectivity index (χ3v) is 7.77. The zero-order valence-electron chi connectivity index (χ0n) is 20.8. The van der Waals surface area contributed by atoms with Crippen LogP contribution in [0.15, 0.2) is 85.2 Å². The van der Waals surface area contributed by atoms with E-state index in [1.54, 1.807) is 11.1 Å². The molecule has 4 heterocycles. The predicted molar refractivity (Wildman–Crippen MR) is 143 cm³/mol. The number of nitriles is 1. The van der Waals surface area contributed by atoms with Crippen LogP contribution < -0.4 is 4.90 Å². The highest BCUT2D eigenvalue weighted by Gasteiger charge is 2.53. The van der Waals surface area contributed by atoms with Crippen molar-refractivity contribution >= 4 is 17.4 Å². The first-order chi connectivity index (χ1) is 18.1. The molecule has 2 aromatic heterocycles. The molecule has 0 unspecified atom stereocenters. The van der Waals surface area contributed by atoms with E-state index in [2.05, 4.69) is 46.1 Å². The minimum Gasteiger partial charge on any atom is -0.297 e. The molecule has 6 heteroatoms. The SMILES string of the molecule is Cc1cccnc1CN1CCC2(CC1)C(=O)N(c1ccc(-c3ccccc3)cc1)c1ncc(C#N)cc12. The molecule has 0 radical (unpaired) electrons. The number of likely N-dealkylation sites (tertiary alicyclic amines) is 1. The summed E-state index contributed by atoms with van der Waals surface area (Å²) in [6, 6.07) is 26.4. The van der Waals surface area contributed by atoms with Crippen LogP contribution in [0.5, 0.6) is 0 Å². The number of aromatic nitrogens is 2. The highest BCUT2D eigenvalue weighted by Crippen LogP contribution is 2.50. The van der Waals surface area contributed by atoms with Gasteiger partial charge in [-0.25, -0.2) is 4.98 Å². The minimum absolute atomic E-state index is 0.0474. The van der Waals surface area contributed by atoms with Crippen LogP contribution >= 0.6 is 0 Å². The molecule has 1 saturated heterocycles. The van der Waals surface area contributed by atoms with E-state index in [1.165, 1.54) is 5.56 Å². The lowest BCUT2D eigenvalue weighted by Gasteiger charge is -2.38. The van der Waals surface area contributed by atoms with Gasteiger partial charge in [-0.05, 0) is 73.8 Å². The number of carbonyl (C=O) groups is 1. The maximum atomic E-state index is 14.2. The van der Waals surface area contributed by atoms with Crippen molar-refractivity contribution in [3.63, 3.8) is 0 Å². The Labute approximate surface area is 216 Å². The first-order valence-electron chi connectivity index (χ1n) is 12.6. The lowest BCUT2D eigenvalue weighted by atomic mass is 9.73. The topological polar surface area (TPSA) is 73.1 Å². The summed E-state index contributed by atoms with van der Waals surface area (Å²) in [7, 11) is 0. The van der Waals surface area contributed by atoms with Gasteiger partial charge >= 0.3 is 0 Å². The molecule has 0 N–H and O–H groups in total. The second-order valence-corrected chi connectivity index (χ2v) is 9.89. The van der Waals surface area contributed by atoms with Crippen molar-refractivity contribution in [2.45, 2.75) is 31.7 Å². The molecule has 4 aromatic rings. The van der Waals surface area contributed by atoms with Gasteiger partial charge in [0.1, 0.15) is 11.9 Å². The monoisotopic (exact) mass is 485 g/mol. The Kier molecular flexibility index (Phi) is 5.78. The molecule has 182 valence electrons. The number of hydrogen-bond donors (Lipinski definition) is 0. The first-order valence-corrected chi connectivity index (χ1v) is 12.6. The van der Waals surface area contributed by atoms with Crippen LogP contribution in [0, 0.1) is 18.3 Å². The number of rotatable bonds is 4. The predicted octanol–water partition coefficient (Wildman–Crippen LogP) is 5.54. The van der Waals surface area contributed by atoms with Crippen LogP contribution in [0.3, 0.4) is 0 Å².